The number of hydrogen-bond acceptors (Lipinski definition) is 2. The van der Waals surface area contributed by atoms with Crippen LogP contribution in [0.2, 0.25) is 0 Å². The van der Waals surface area contributed by atoms with Crippen LogP contribution in [-0.2, 0) is 16.4 Å². The molecule has 1 fully saturated rings. The molecule has 0 aliphatic heterocycles. The second-order valence-electron chi connectivity index (χ2n) is 4.55. The van der Waals surface area contributed by atoms with Crippen LogP contribution in [0.25, 0.3) is 0 Å². The molecule has 1 aliphatic rings. The number of pyridine rings is 1. The first-order chi connectivity index (χ1) is 8.36. The van der Waals surface area contributed by atoms with Gasteiger partial charge in [0.15, 0.2) is 0 Å². The molecule has 0 spiro atoms. The summed E-state index contributed by atoms with van der Waals surface area (Å²) in [6.45, 7) is 0. The highest BCUT2D eigenvalue weighted by Gasteiger charge is 2.44. The van der Waals surface area contributed by atoms with Crippen molar-refractivity contribution in [3.8, 4) is 0 Å². The summed E-state index contributed by atoms with van der Waals surface area (Å²) in [4.78, 5) is 14.9. The van der Waals surface area contributed by atoms with E-state index in [9.17, 15) is 23.1 Å². The van der Waals surface area contributed by atoms with Crippen LogP contribution in [0.5, 0.6) is 0 Å². The van der Waals surface area contributed by atoms with Gasteiger partial charge in [-0.3, -0.25) is 9.78 Å². The molecular formula is C12H12F3NO2. The molecular weight excluding hydrogens is 247 g/mol. The second-order valence-corrected chi connectivity index (χ2v) is 4.55. The van der Waals surface area contributed by atoms with Crippen molar-refractivity contribution in [2.24, 2.45) is 0 Å². The average molecular weight is 259 g/mol. The van der Waals surface area contributed by atoms with E-state index in [-0.39, 0.29) is 5.56 Å². The van der Waals surface area contributed by atoms with Crippen LogP contribution < -0.4 is 0 Å². The summed E-state index contributed by atoms with van der Waals surface area (Å²) >= 11 is 0. The van der Waals surface area contributed by atoms with Gasteiger partial charge in [0.25, 0.3) is 0 Å². The summed E-state index contributed by atoms with van der Waals surface area (Å²) in [5.41, 5.74) is -1.94. The zero-order chi connectivity index (χ0) is 13.4. The molecule has 0 aromatic carbocycles. The quantitative estimate of drug-likeness (QED) is 0.888. The zero-order valence-electron chi connectivity index (χ0n) is 9.50. The molecule has 1 N–H and O–H groups in total. The summed E-state index contributed by atoms with van der Waals surface area (Å²) in [5.74, 6) is -1.07. The standard InChI is InChI=1S/C12H12F3NO2/c13-12(14,15)9-5-8(6-16-7-9)11(10(17)18)3-1-2-4-11/h5-7H,1-4H2,(H,17,18). The van der Waals surface area contributed by atoms with Gasteiger partial charge in [-0.2, -0.15) is 13.2 Å². The fraction of sp³-hybridized carbons (Fsp3) is 0.500. The molecule has 0 radical (unpaired) electrons. The fourth-order valence-corrected chi connectivity index (χ4v) is 2.46. The Hall–Kier alpha value is -1.59. The van der Waals surface area contributed by atoms with E-state index < -0.39 is 23.1 Å². The van der Waals surface area contributed by atoms with E-state index in [2.05, 4.69) is 4.98 Å². The number of rotatable bonds is 2. The van der Waals surface area contributed by atoms with Gasteiger partial charge in [-0.1, -0.05) is 12.8 Å². The number of alkyl halides is 3. The Morgan fingerprint density at radius 2 is 1.89 bits per heavy atom. The fourth-order valence-electron chi connectivity index (χ4n) is 2.46. The lowest BCUT2D eigenvalue weighted by molar-refractivity contribution is -0.144. The summed E-state index contributed by atoms with van der Waals surface area (Å²) < 4.78 is 37.8. The monoisotopic (exact) mass is 259 g/mol. The highest BCUT2D eigenvalue weighted by Crippen LogP contribution is 2.42. The van der Waals surface area contributed by atoms with Gasteiger partial charge < -0.3 is 5.11 Å². The number of carbonyl (C=O) groups is 1. The number of aliphatic carboxylic acids is 1. The van der Waals surface area contributed by atoms with Crippen LogP contribution in [0.3, 0.4) is 0 Å². The average Bonchev–Trinajstić information content (AvgIpc) is 2.78. The van der Waals surface area contributed by atoms with Crippen molar-refractivity contribution in [1.29, 1.82) is 0 Å². The van der Waals surface area contributed by atoms with Crippen molar-refractivity contribution in [2.45, 2.75) is 37.3 Å². The molecule has 0 unspecified atom stereocenters. The van der Waals surface area contributed by atoms with E-state index in [0.717, 1.165) is 6.07 Å². The highest BCUT2D eigenvalue weighted by atomic mass is 19.4. The van der Waals surface area contributed by atoms with Crippen molar-refractivity contribution in [2.75, 3.05) is 0 Å². The van der Waals surface area contributed by atoms with Crippen molar-refractivity contribution < 1.29 is 23.1 Å². The van der Waals surface area contributed by atoms with E-state index >= 15 is 0 Å². The molecule has 6 heteroatoms. The molecule has 2 rings (SSSR count). The molecule has 0 amide bonds. The molecule has 98 valence electrons. The normalized spacial score (nSPS) is 18.8. The smallest absolute Gasteiger partial charge is 0.417 e. The minimum Gasteiger partial charge on any atom is -0.481 e. The lowest BCUT2D eigenvalue weighted by Gasteiger charge is -2.24. The van der Waals surface area contributed by atoms with E-state index in [4.69, 9.17) is 0 Å². The summed E-state index contributed by atoms with van der Waals surface area (Å²) in [7, 11) is 0. The van der Waals surface area contributed by atoms with Gasteiger partial charge in [0, 0.05) is 12.4 Å². The summed E-state index contributed by atoms with van der Waals surface area (Å²) in [6, 6.07) is 0.909. The lowest BCUT2D eigenvalue weighted by Crippen LogP contribution is -2.33. The van der Waals surface area contributed by atoms with Gasteiger partial charge in [-0.05, 0) is 24.5 Å². The minimum atomic E-state index is -4.50. The third kappa shape index (κ3) is 2.07. The predicted octanol–water partition coefficient (Wildman–Crippen LogP) is 3.00. The maximum Gasteiger partial charge on any atom is 0.417 e. The van der Waals surface area contributed by atoms with Crippen molar-refractivity contribution in [3.63, 3.8) is 0 Å². The van der Waals surface area contributed by atoms with Crippen LogP contribution in [0, 0.1) is 0 Å². The van der Waals surface area contributed by atoms with Gasteiger partial charge in [-0.15, -0.1) is 0 Å². The Morgan fingerprint density at radius 3 is 2.39 bits per heavy atom. The Labute approximate surface area is 102 Å². The minimum absolute atomic E-state index is 0.155. The van der Waals surface area contributed by atoms with Crippen molar-refractivity contribution in [1.82, 2.24) is 4.98 Å². The maximum absolute atomic E-state index is 12.6. The molecule has 1 aliphatic carbocycles. The number of hydrogen-bond donors (Lipinski definition) is 1. The molecule has 18 heavy (non-hydrogen) atoms. The van der Waals surface area contributed by atoms with Crippen LogP contribution in [0.4, 0.5) is 13.2 Å². The lowest BCUT2D eigenvalue weighted by atomic mass is 9.79. The number of carboxylic acids is 1. The van der Waals surface area contributed by atoms with E-state index in [1.165, 1.54) is 6.20 Å². The van der Waals surface area contributed by atoms with Crippen LogP contribution >= 0.6 is 0 Å². The molecule has 1 heterocycles. The third-order valence-electron chi connectivity index (χ3n) is 3.48. The Kier molecular flexibility index (Phi) is 3.04. The SMILES string of the molecule is O=C(O)C1(c2cncc(C(F)(F)F)c2)CCCC1. The molecule has 1 aromatic heterocycles. The van der Waals surface area contributed by atoms with E-state index in [1.54, 1.807) is 0 Å². The molecule has 1 aromatic rings. The highest BCUT2D eigenvalue weighted by molar-refractivity contribution is 5.81. The first kappa shape index (κ1) is 12.9. The molecule has 1 saturated carbocycles. The third-order valence-corrected chi connectivity index (χ3v) is 3.48. The molecule has 0 bridgehead atoms. The number of aromatic nitrogens is 1. The summed E-state index contributed by atoms with van der Waals surface area (Å²) in [6.07, 6.45) is -0.397. The number of nitrogens with zero attached hydrogens (tertiary/aromatic N) is 1. The largest absolute Gasteiger partial charge is 0.481 e. The molecule has 0 atom stereocenters. The Morgan fingerprint density at radius 1 is 1.28 bits per heavy atom. The summed E-state index contributed by atoms with van der Waals surface area (Å²) in [5, 5.41) is 9.30. The number of carboxylic acid groups (broad SMARTS) is 1. The first-order valence-corrected chi connectivity index (χ1v) is 5.62. The zero-order valence-corrected chi connectivity index (χ0v) is 9.50. The topological polar surface area (TPSA) is 50.2 Å². The van der Waals surface area contributed by atoms with Gasteiger partial charge in [-0.25, -0.2) is 0 Å². The van der Waals surface area contributed by atoms with Gasteiger partial charge in [0.1, 0.15) is 0 Å². The van der Waals surface area contributed by atoms with Crippen molar-refractivity contribution >= 4 is 5.97 Å². The van der Waals surface area contributed by atoms with Crippen LogP contribution in [0.1, 0.15) is 36.8 Å². The Balaban J connectivity index is 2.47. The van der Waals surface area contributed by atoms with Crippen molar-refractivity contribution in [3.05, 3.63) is 29.6 Å². The first-order valence-electron chi connectivity index (χ1n) is 5.62. The van der Waals surface area contributed by atoms with Gasteiger partial charge in [0.05, 0.1) is 11.0 Å². The van der Waals surface area contributed by atoms with Gasteiger partial charge in [0.2, 0.25) is 0 Å². The predicted molar refractivity (Wildman–Crippen MR) is 57.0 cm³/mol. The van der Waals surface area contributed by atoms with E-state index in [1.807, 2.05) is 0 Å². The van der Waals surface area contributed by atoms with Crippen LogP contribution in [0.15, 0.2) is 18.5 Å². The van der Waals surface area contributed by atoms with Crippen LogP contribution in [-0.4, -0.2) is 16.1 Å². The van der Waals surface area contributed by atoms with Gasteiger partial charge >= 0.3 is 12.1 Å². The number of halogens is 3. The Bertz CT molecular complexity index is 465. The molecule has 3 nitrogen and oxygen atoms in total. The van der Waals surface area contributed by atoms with E-state index in [0.29, 0.717) is 31.9 Å². The maximum atomic E-state index is 12.6. The second kappa shape index (κ2) is 4.26. The molecule has 0 saturated heterocycles.